The van der Waals surface area contributed by atoms with Crippen LogP contribution in [0.3, 0.4) is 0 Å². The number of hydrogen-bond acceptors (Lipinski definition) is 3. The predicted molar refractivity (Wildman–Crippen MR) is 89.9 cm³/mol. The van der Waals surface area contributed by atoms with Gasteiger partial charge in [-0.1, -0.05) is 42.5 Å². The minimum Gasteiger partial charge on any atom is -0.486 e. The maximum atomic E-state index is 10.6. The van der Waals surface area contributed by atoms with E-state index in [1.807, 2.05) is 30.3 Å². The van der Waals surface area contributed by atoms with Crippen molar-refractivity contribution in [3.8, 4) is 5.75 Å². The Balaban J connectivity index is 1.82. The summed E-state index contributed by atoms with van der Waals surface area (Å²) in [7, 11) is 1.71. The van der Waals surface area contributed by atoms with Gasteiger partial charge in [0.1, 0.15) is 18.2 Å². The fraction of sp³-hybridized carbons (Fsp3) is 0.222. The number of carbonyl (C=O) groups is 1. The maximum Gasteiger partial charge on any atom is 0.307 e. The molecule has 0 amide bonds. The number of rotatable bonds is 7. The highest BCUT2D eigenvalue weighted by molar-refractivity contribution is 5.83. The van der Waals surface area contributed by atoms with Crippen molar-refractivity contribution in [3.63, 3.8) is 0 Å². The lowest BCUT2D eigenvalue weighted by Crippen LogP contribution is -2.28. The van der Waals surface area contributed by atoms with Crippen molar-refractivity contribution < 1.29 is 14.6 Å². The minimum absolute atomic E-state index is 0.0145. The van der Waals surface area contributed by atoms with E-state index in [-0.39, 0.29) is 6.42 Å². The number of carboxylic acids is 1. The largest absolute Gasteiger partial charge is 0.486 e. The van der Waals surface area contributed by atoms with E-state index in [2.05, 4.69) is 10.3 Å². The summed E-state index contributed by atoms with van der Waals surface area (Å²) >= 11 is 0. The van der Waals surface area contributed by atoms with Gasteiger partial charge in [-0.3, -0.25) is 9.79 Å². The van der Waals surface area contributed by atoms with Gasteiger partial charge in [0.05, 0.1) is 6.42 Å². The fourth-order valence-corrected chi connectivity index (χ4v) is 2.02. The normalized spacial score (nSPS) is 11.1. The first-order valence-electron chi connectivity index (χ1n) is 7.34. The number of nitrogens with zero attached hydrogens (tertiary/aromatic N) is 1. The van der Waals surface area contributed by atoms with Gasteiger partial charge in [-0.25, -0.2) is 0 Å². The van der Waals surface area contributed by atoms with Crippen LogP contribution < -0.4 is 10.1 Å². The Bertz CT molecular complexity index is 652. The zero-order valence-corrected chi connectivity index (χ0v) is 13.0. The Labute approximate surface area is 135 Å². The minimum atomic E-state index is -0.843. The molecule has 0 spiro atoms. The second kappa shape index (κ2) is 8.58. The van der Waals surface area contributed by atoms with Crippen molar-refractivity contribution in [2.45, 2.75) is 13.0 Å². The van der Waals surface area contributed by atoms with Crippen LogP contribution in [0.1, 0.15) is 11.1 Å². The van der Waals surface area contributed by atoms with Crippen LogP contribution in [0.5, 0.6) is 5.75 Å². The summed E-state index contributed by atoms with van der Waals surface area (Å²) < 4.78 is 5.67. The molecule has 0 heterocycles. The Kier molecular flexibility index (Phi) is 6.17. The average Bonchev–Trinajstić information content (AvgIpc) is 2.57. The van der Waals surface area contributed by atoms with Crippen LogP contribution in [-0.4, -0.2) is 30.6 Å². The van der Waals surface area contributed by atoms with E-state index in [9.17, 15) is 4.79 Å². The fourth-order valence-electron chi connectivity index (χ4n) is 2.02. The van der Waals surface area contributed by atoms with Crippen LogP contribution >= 0.6 is 0 Å². The quantitative estimate of drug-likeness (QED) is 0.609. The lowest BCUT2D eigenvalue weighted by molar-refractivity contribution is -0.136. The van der Waals surface area contributed by atoms with E-state index in [1.54, 1.807) is 31.3 Å². The van der Waals surface area contributed by atoms with Gasteiger partial charge in [-0.05, 0) is 23.3 Å². The number of hydrogen-bond donors (Lipinski definition) is 2. The first kappa shape index (κ1) is 16.5. The molecule has 2 aromatic carbocycles. The Morgan fingerprint density at radius 1 is 1.09 bits per heavy atom. The highest BCUT2D eigenvalue weighted by atomic mass is 16.5. The van der Waals surface area contributed by atoms with E-state index in [4.69, 9.17) is 9.84 Å². The number of amidine groups is 1. The molecule has 5 nitrogen and oxygen atoms in total. The van der Waals surface area contributed by atoms with Gasteiger partial charge in [0, 0.05) is 13.6 Å². The maximum absolute atomic E-state index is 10.6. The van der Waals surface area contributed by atoms with Crippen LogP contribution in [0.15, 0.2) is 59.6 Å². The SMILES string of the molecule is CN=C(COc1ccc(CC(=O)O)cc1)NCc1ccccc1. The molecule has 0 aliphatic carbocycles. The average molecular weight is 312 g/mol. The molecule has 2 rings (SSSR count). The summed E-state index contributed by atoms with van der Waals surface area (Å²) in [5, 5.41) is 12.0. The molecule has 0 aromatic heterocycles. The number of ether oxygens (including phenoxy) is 1. The number of aliphatic imine (C=N–C) groups is 1. The summed E-state index contributed by atoms with van der Waals surface area (Å²) in [6.45, 7) is 1.02. The monoisotopic (exact) mass is 312 g/mol. The molecule has 0 fully saturated rings. The Morgan fingerprint density at radius 3 is 2.39 bits per heavy atom. The molecule has 0 unspecified atom stereocenters. The van der Waals surface area contributed by atoms with Crippen LogP contribution in [0.4, 0.5) is 0 Å². The topological polar surface area (TPSA) is 70.9 Å². The highest BCUT2D eigenvalue weighted by Gasteiger charge is 2.03. The highest BCUT2D eigenvalue weighted by Crippen LogP contribution is 2.12. The molecule has 5 heteroatoms. The second-order valence-electron chi connectivity index (χ2n) is 5.01. The van der Waals surface area contributed by atoms with Gasteiger partial charge in [0.15, 0.2) is 0 Å². The lowest BCUT2D eigenvalue weighted by Gasteiger charge is -2.11. The Hall–Kier alpha value is -2.82. The third kappa shape index (κ3) is 5.82. The molecule has 0 atom stereocenters. The summed E-state index contributed by atoms with van der Waals surface area (Å²) in [6.07, 6.45) is 0.0145. The van der Waals surface area contributed by atoms with Crippen LogP contribution in [0.2, 0.25) is 0 Å². The van der Waals surface area contributed by atoms with Gasteiger partial charge in [0.2, 0.25) is 0 Å². The van der Waals surface area contributed by atoms with Crippen LogP contribution in [0, 0.1) is 0 Å². The number of nitrogens with one attached hydrogen (secondary N) is 1. The number of aliphatic carboxylic acids is 1. The van der Waals surface area contributed by atoms with Gasteiger partial charge in [0.25, 0.3) is 0 Å². The van der Waals surface area contributed by atoms with Crippen molar-refractivity contribution in [1.82, 2.24) is 5.32 Å². The molecular weight excluding hydrogens is 292 g/mol. The zero-order chi connectivity index (χ0) is 16.5. The van der Waals surface area contributed by atoms with Gasteiger partial charge in [-0.15, -0.1) is 0 Å². The Morgan fingerprint density at radius 2 is 1.78 bits per heavy atom. The lowest BCUT2D eigenvalue weighted by atomic mass is 10.1. The molecule has 0 bridgehead atoms. The molecular formula is C18H20N2O3. The van der Waals surface area contributed by atoms with E-state index < -0.39 is 5.97 Å². The number of benzene rings is 2. The van der Waals surface area contributed by atoms with Crippen molar-refractivity contribution >= 4 is 11.8 Å². The standard InChI is InChI=1S/C18H20N2O3/c1-19-17(20-12-15-5-3-2-4-6-15)13-23-16-9-7-14(8-10-16)11-18(21)22/h2-10H,11-13H2,1H3,(H,19,20)(H,21,22). The molecule has 120 valence electrons. The summed E-state index contributed by atoms with van der Waals surface area (Å²) in [5.74, 6) is 0.592. The van der Waals surface area contributed by atoms with Crippen molar-refractivity contribution in [2.24, 2.45) is 4.99 Å². The van der Waals surface area contributed by atoms with Crippen LogP contribution in [0.25, 0.3) is 0 Å². The second-order valence-corrected chi connectivity index (χ2v) is 5.01. The van der Waals surface area contributed by atoms with Gasteiger partial charge in [-0.2, -0.15) is 0 Å². The molecule has 2 N–H and O–H groups in total. The predicted octanol–water partition coefficient (Wildman–Crippen LogP) is 2.51. The summed E-state index contributed by atoms with van der Waals surface area (Å²) in [6, 6.07) is 17.1. The van der Waals surface area contributed by atoms with Crippen molar-refractivity contribution in [1.29, 1.82) is 0 Å². The molecule has 0 aliphatic heterocycles. The third-order valence-electron chi connectivity index (χ3n) is 3.26. The summed E-state index contributed by atoms with van der Waals surface area (Å²) in [4.78, 5) is 14.8. The van der Waals surface area contributed by atoms with Crippen molar-refractivity contribution in [2.75, 3.05) is 13.7 Å². The van der Waals surface area contributed by atoms with E-state index in [0.29, 0.717) is 18.9 Å². The van der Waals surface area contributed by atoms with E-state index >= 15 is 0 Å². The zero-order valence-electron chi connectivity index (χ0n) is 13.0. The van der Waals surface area contributed by atoms with Crippen molar-refractivity contribution in [3.05, 3.63) is 65.7 Å². The third-order valence-corrected chi connectivity index (χ3v) is 3.26. The molecule has 23 heavy (non-hydrogen) atoms. The molecule has 0 aliphatic rings. The van der Waals surface area contributed by atoms with E-state index in [0.717, 1.165) is 11.4 Å². The molecule has 0 saturated carbocycles. The first-order chi connectivity index (χ1) is 11.2. The van der Waals surface area contributed by atoms with Gasteiger partial charge >= 0.3 is 5.97 Å². The number of carboxylic acid groups (broad SMARTS) is 1. The van der Waals surface area contributed by atoms with E-state index in [1.165, 1.54) is 5.56 Å². The van der Waals surface area contributed by atoms with Crippen LogP contribution in [-0.2, 0) is 17.8 Å². The summed E-state index contributed by atoms with van der Waals surface area (Å²) in [5.41, 5.74) is 1.92. The smallest absolute Gasteiger partial charge is 0.307 e. The first-order valence-corrected chi connectivity index (χ1v) is 7.34. The van der Waals surface area contributed by atoms with Gasteiger partial charge < -0.3 is 15.2 Å². The molecule has 0 saturated heterocycles. The molecule has 0 radical (unpaired) electrons. The molecule has 2 aromatic rings.